The minimum absolute atomic E-state index is 0.172. The van der Waals surface area contributed by atoms with Crippen LogP contribution in [-0.2, 0) is 11.0 Å². The summed E-state index contributed by atoms with van der Waals surface area (Å²) in [6.07, 6.45) is -2.92. The van der Waals surface area contributed by atoms with Crippen LogP contribution in [0.3, 0.4) is 0 Å². The molecule has 3 aromatic rings. The summed E-state index contributed by atoms with van der Waals surface area (Å²) in [5.74, 6) is 0.368. The molecule has 30 heavy (non-hydrogen) atoms. The van der Waals surface area contributed by atoms with Gasteiger partial charge in [-0.25, -0.2) is 13.5 Å². The maximum atomic E-state index is 13.1. The quantitative estimate of drug-likeness (QED) is 0.573. The second-order valence-corrected chi connectivity index (χ2v) is 12.9. The van der Waals surface area contributed by atoms with E-state index in [0.29, 0.717) is 19.0 Å². The molecule has 0 N–H and O–H groups in total. The minimum Gasteiger partial charge on any atom is -0.475 e. The van der Waals surface area contributed by atoms with Crippen LogP contribution in [-0.4, -0.2) is 30.8 Å². The van der Waals surface area contributed by atoms with E-state index in [0.717, 1.165) is 0 Å². The summed E-state index contributed by atoms with van der Waals surface area (Å²) < 4.78 is 40.4. The first kappa shape index (κ1) is 20.7. The smallest absolute Gasteiger partial charge is 0.282 e. The zero-order valence-corrected chi connectivity index (χ0v) is 18.4. The molecule has 1 unspecified atom stereocenters. The summed E-state index contributed by atoms with van der Waals surface area (Å²) in [5.41, 5.74) is -0.268. The standard InChI is InChI=1S/C23H26F2N2O2Si/c1-23(2,3)30(18-10-6-4-7-11-18,19-12-8-5-9-13-19)29-17-15-27-21(28-16-17)14-20(26-27)22(24)25/h4-14,17,22H,15-16H2,1-3H3. The Bertz CT molecular complexity index is 948. The average Bonchev–Trinajstić information content (AvgIpc) is 3.16. The third kappa shape index (κ3) is 3.67. The molecule has 0 amide bonds. The molecule has 0 saturated carbocycles. The number of aromatic nitrogens is 2. The van der Waals surface area contributed by atoms with E-state index in [1.807, 2.05) is 36.4 Å². The van der Waals surface area contributed by atoms with Crippen LogP contribution in [0.5, 0.6) is 5.88 Å². The lowest BCUT2D eigenvalue weighted by atomic mass is 10.2. The Labute approximate surface area is 176 Å². The summed E-state index contributed by atoms with van der Waals surface area (Å²) in [5, 5.41) is 6.18. The molecule has 2 heterocycles. The fourth-order valence-electron chi connectivity index (χ4n) is 4.21. The number of rotatable bonds is 5. The van der Waals surface area contributed by atoms with Crippen LogP contribution < -0.4 is 15.1 Å². The first-order chi connectivity index (χ1) is 14.3. The van der Waals surface area contributed by atoms with Crippen molar-refractivity contribution in [2.24, 2.45) is 0 Å². The average molecular weight is 429 g/mol. The summed E-state index contributed by atoms with van der Waals surface area (Å²) in [4.78, 5) is 0. The molecule has 0 saturated heterocycles. The zero-order valence-electron chi connectivity index (χ0n) is 17.4. The topological polar surface area (TPSA) is 36.3 Å². The van der Waals surface area contributed by atoms with Gasteiger partial charge in [-0.15, -0.1) is 0 Å². The van der Waals surface area contributed by atoms with Crippen molar-refractivity contribution in [1.29, 1.82) is 0 Å². The monoisotopic (exact) mass is 428 g/mol. The molecular formula is C23H26F2N2O2Si. The zero-order chi connectivity index (χ0) is 21.4. The molecular weight excluding hydrogens is 402 g/mol. The Kier molecular flexibility index (Phi) is 5.51. The first-order valence-electron chi connectivity index (χ1n) is 10.1. The van der Waals surface area contributed by atoms with Gasteiger partial charge >= 0.3 is 0 Å². The van der Waals surface area contributed by atoms with Crippen LogP contribution in [0, 0.1) is 0 Å². The second kappa shape index (κ2) is 7.96. The number of alkyl halides is 2. The number of fused-ring (bicyclic) bond motifs is 1. The molecule has 1 atom stereocenters. The number of hydrogen-bond acceptors (Lipinski definition) is 3. The molecule has 0 spiro atoms. The van der Waals surface area contributed by atoms with Crippen molar-refractivity contribution in [1.82, 2.24) is 9.78 Å². The van der Waals surface area contributed by atoms with E-state index in [-0.39, 0.29) is 16.8 Å². The summed E-state index contributed by atoms with van der Waals surface area (Å²) in [7, 11) is -2.74. The highest BCUT2D eigenvalue weighted by Gasteiger charge is 2.51. The summed E-state index contributed by atoms with van der Waals surface area (Å²) >= 11 is 0. The third-order valence-corrected chi connectivity index (χ3v) is 10.6. The highest BCUT2D eigenvalue weighted by molar-refractivity contribution is 6.99. The molecule has 0 fully saturated rings. The van der Waals surface area contributed by atoms with Crippen LogP contribution in [0.4, 0.5) is 8.78 Å². The van der Waals surface area contributed by atoms with E-state index in [2.05, 4.69) is 50.1 Å². The highest BCUT2D eigenvalue weighted by Crippen LogP contribution is 2.38. The SMILES string of the molecule is CC(C)(C)[Si](OC1COc2cc(C(F)F)nn2C1)(c1ccccc1)c1ccccc1. The van der Waals surface area contributed by atoms with Crippen LogP contribution >= 0.6 is 0 Å². The second-order valence-electron chi connectivity index (χ2n) is 8.60. The van der Waals surface area contributed by atoms with Crippen molar-refractivity contribution in [2.45, 2.75) is 44.9 Å². The Balaban J connectivity index is 1.75. The van der Waals surface area contributed by atoms with E-state index in [4.69, 9.17) is 9.16 Å². The Morgan fingerprint density at radius 3 is 2.10 bits per heavy atom. The van der Waals surface area contributed by atoms with Crippen molar-refractivity contribution in [2.75, 3.05) is 6.61 Å². The van der Waals surface area contributed by atoms with Gasteiger partial charge in [-0.05, 0) is 15.4 Å². The molecule has 0 bridgehead atoms. The summed E-state index contributed by atoms with van der Waals surface area (Å²) in [6.45, 7) is 7.30. The van der Waals surface area contributed by atoms with Gasteiger partial charge < -0.3 is 9.16 Å². The number of nitrogens with zero attached hydrogens (tertiary/aromatic N) is 2. The lowest BCUT2D eigenvalue weighted by molar-refractivity contribution is 0.0661. The molecule has 7 heteroatoms. The van der Waals surface area contributed by atoms with Gasteiger partial charge in [-0.2, -0.15) is 5.10 Å². The van der Waals surface area contributed by atoms with Crippen molar-refractivity contribution >= 4 is 18.7 Å². The molecule has 4 rings (SSSR count). The molecule has 158 valence electrons. The van der Waals surface area contributed by atoms with Crippen LogP contribution in [0.2, 0.25) is 5.04 Å². The largest absolute Gasteiger partial charge is 0.475 e. The maximum absolute atomic E-state index is 13.1. The van der Waals surface area contributed by atoms with Gasteiger partial charge in [0.2, 0.25) is 5.88 Å². The molecule has 2 aromatic carbocycles. The van der Waals surface area contributed by atoms with Gasteiger partial charge in [0.25, 0.3) is 14.7 Å². The van der Waals surface area contributed by atoms with Crippen LogP contribution in [0.15, 0.2) is 66.7 Å². The molecule has 1 aliphatic rings. The third-order valence-electron chi connectivity index (χ3n) is 5.54. The van der Waals surface area contributed by atoms with Gasteiger partial charge in [0.05, 0.1) is 12.6 Å². The Morgan fingerprint density at radius 1 is 1.03 bits per heavy atom. The Morgan fingerprint density at radius 2 is 1.60 bits per heavy atom. The van der Waals surface area contributed by atoms with E-state index in [1.165, 1.54) is 21.1 Å². The van der Waals surface area contributed by atoms with Gasteiger partial charge in [0.1, 0.15) is 12.3 Å². The highest BCUT2D eigenvalue weighted by atomic mass is 28.4. The fraction of sp³-hybridized carbons (Fsp3) is 0.348. The van der Waals surface area contributed by atoms with E-state index < -0.39 is 14.7 Å². The summed E-state index contributed by atoms with van der Waals surface area (Å²) in [6, 6.07) is 22.0. The van der Waals surface area contributed by atoms with Gasteiger partial charge in [-0.3, -0.25) is 0 Å². The number of hydrogen-bond donors (Lipinski definition) is 0. The molecule has 1 aliphatic heterocycles. The molecule has 1 aromatic heterocycles. The maximum Gasteiger partial charge on any atom is 0.282 e. The number of halogens is 2. The van der Waals surface area contributed by atoms with Crippen LogP contribution in [0.1, 0.15) is 32.9 Å². The van der Waals surface area contributed by atoms with E-state index >= 15 is 0 Å². The fourth-order valence-corrected chi connectivity index (χ4v) is 8.87. The first-order valence-corrected chi connectivity index (χ1v) is 12.0. The molecule has 0 aliphatic carbocycles. The Hall–Kier alpha value is -2.51. The van der Waals surface area contributed by atoms with Gasteiger partial charge in [0, 0.05) is 6.07 Å². The number of benzene rings is 2. The van der Waals surface area contributed by atoms with E-state index in [1.54, 1.807) is 0 Å². The van der Waals surface area contributed by atoms with Crippen molar-refractivity contribution in [3.8, 4) is 5.88 Å². The minimum atomic E-state index is -2.74. The predicted molar refractivity (Wildman–Crippen MR) is 115 cm³/mol. The van der Waals surface area contributed by atoms with Crippen molar-refractivity contribution in [3.05, 3.63) is 72.4 Å². The molecule has 0 radical (unpaired) electrons. The van der Waals surface area contributed by atoms with Crippen molar-refractivity contribution in [3.63, 3.8) is 0 Å². The normalized spacial score (nSPS) is 16.9. The number of ether oxygens (including phenoxy) is 1. The van der Waals surface area contributed by atoms with Gasteiger partial charge in [-0.1, -0.05) is 81.4 Å². The van der Waals surface area contributed by atoms with Gasteiger partial charge in [0.15, 0.2) is 0 Å². The lowest BCUT2D eigenvalue weighted by Gasteiger charge is -2.45. The van der Waals surface area contributed by atoms with E-state index in [9.17, 15) is 8.78 Å². The lowest BCUT2D eigenvalue weighted by Crippen LogP contribution is -2.68. The van der Waals surface area contributed by atoms with Crippen LogP contribution in [0.25, 0.3) is 0 Å². The predicted octanol–water partition coefficient (Wildman–Crippen LogP) is 4.16. The molecule has 4 nitrogen and oxygen atoms in total. The van der Waals surface area contributed by atoms with Crippen molar-refractivity contribution < 1.29 is 17.9 Å².